The highest BCUT2D eigenvalue weighted by Crippen LogP contribution is 2.23. The van der Waals surface area contributed by atoms with E-state index in [1.807, 2.05) is 6.92 Å². The largest absolute Gasteiger partial charge is 0.380 e. The second-order valence-electron chi connectivity index (χ2n) is 3.14. The van der Waals surface area contributed by atoms with Crippen molar-refractivity contribution in [1.82, 2.24) is 5.32 Å². The first-order valence-electron chi connectivity index (χ1n) is 3.80. The monoisotopic (exact) mass is 158 g/mol. The van der Waals surface area contributed by atoms with E-state index in [0.717, 1.165) is 0 Å². The standard InChI is InChI=1S/C7H14N2O2/c1-5-4-9-3-2-7(5,11)6(8)10/h5,9,11H,2-4H2,1H3,(H2,8,10). The van der Waals surface area contributed by atoms with Crippen LogP contribution in [0.3, 0.4) is 0 Å². The number of carbonyl (C=O) groups is 1. The maximum absolute atomic E-state index is 10.8. The number of nitrogens with one attached hydrogen (secondary N) is 1. The van der Waals surface area contributed by atoms with E-state index in [1.165, 1.54) is 0 Å². The van der Waals surface area contributed by atoms with Gasteiger partial charge in [-0.15, -0.1) is 0 Å². The van der Waals surface area contributed by atoms with Crippen molar-refractivity contribution in [2.75, 3.05) is 13.1 Å². The van der Waals surface area contributed by atoms with Gasteiger partial charge in [0.2, 0.25) is 5.91 Å². The molecule has 0 saturated carbocycles. The van der Waals surface area contributed by atoms with Crippen LogP contribution < -0.4 is 11.1 Å². The van der Waals surface area contributed by atoms with E-state index in [1.54, 1.807) is 0 Å². The molecule has 1 rings (SSSR count). The lowest BCUT2D eigenvalue weighted by Gasteiger charge is -2.35. The summed E-state index contributed by atoms with van der Waals surface area (Å²) >= 11 is 0. The Hall–Kier alpha value is -0.610. The molecule has 1 fully saturated rings. The summed E-state index contributed by atoms with van der Waals surface area (Å²) in [6.45, 7) is 3.13. The summed E-state index contributed by atoms with van der Waals surface area (Å²) in [5, 5.41) is 12.8. The summed E-state index contributed by atoms with van der Waals surface area (Å²) in [6.07, 6.45) is 0.420. The smallest absolute Gasteiger partial charge is 0.249 e. The number of aliphatic hydroxyl groups is 1. The Morgan fingerprint density at radius 2 is 2.45 bits per heavy atom. The molecule has 0 aromatic heterocycles. The van der Waals surface area contributed by atoms with Crippen LogP contribution in [0.1, 0.15) is 13.3 Å². The van der Waals surface area contributed by atoms with Gasteiger partial charge in [0.1, 0.15) is 5.60 Å². The third-order valence-corrected chi connectivity index (χ3v) is 2.38. The fourth-order valence-electron chi connectivity index (χ4n) is 1.38. The zero-order valence-corrected chi connectivity index (χ0v) is 6.63. The summed E-state index contributed by atoms with van der Waals surface area (Å²) in [6, 6.07) is 0. The van der Waals surface area contributed by atoms with Crippen LogP contribution in [0.2, 0.25) is 0 Å². The average Bonchev–Trinajstić information content (AvgIpc) is 1.95. The van der Waals surface area contributed by atoms with Crippen molar-refractivity contribution in [2.45, 2.75) is 18.9 Å². The maximum Gasteiger partial charge on any atom is 0.249 e. The van der Waals surface area contributed by atoms with Gasteiger partial charge in [0.25, 0.3) is 0 Å². The van der Waals surface area contributed by atoms with Gasteiger partial charge in [0.05, 0.1) is 0 Å². The maximum atomic E-state index is 10.8. The van der Waals surface area contributed by atoms with E-state index in [-0.39, 0.29) is 5.92 Å². The molecule has 0 aromatic carbocycles. The molecule has 0 spiro atoms. The molecular weight excluding hydrogens is 144 g/mol. The second-order valence-corrected chi connectivity index (χ2v) is 3.14. The van der Waals surface area contributed by atoms with Gasteiger partial charge >= 0.3 is 0 Å². The zero-order chi connectivity index (χ0) is 8.48. The van der Waals surface area contributed by atoms with Crippen molar-refractivity contribution in [3.8, 4) is 0 Å². The lowest BCUT2D eigenvalue weighted by molar-refractivity contribution is -0.144. The molecule has 1 aliphatic rings. The molecular formula is C7H14N2O2. The van der Waals surface area contributed by atoms with Crippen molar-refractivity contribution in [3.05, 3.63) is 0 Å². The average molecular weight is 158 g/mol. The molecule has 1 amide bonds. The van der Waals surface area contributed by atoms with Crippen LogP contribution in [0.25, 0.3) is 0 Å². The van der Waals surface area contributed by atoms with Crippen molar-refractivity contribution >= 4 is 5.91 Å². The zero-order valence-electron chi connectivity index (χ0n) is 6.63. The normalized spacial score (nSPS) is 38.5. The number of primary amides is 1. The molecule has 0 radical (unpaired) electrons. The van der Waals surface area contributed by atoms with Crippen LogP contribution in [0.4, 0.5) is 0 Å². The highest BCUT2D eigenvalue weighted by atomic mass is 16.3. The Morgan fingerprint density at radius 3 is 2.82 bits per heavy atom. The Kier molecular flexibility index (Phi) is 2.15. The van der Waals surface area contributed by atoms with Crippen LogP contribution in [0.15, 0.2) is 0 Å². The Bertz CT molecular complexity index is 172. The quantitative estimate of drug-likeness (QED) is 0.450. The van der Waals surface area contributed by atoms with Crippen molar-refractivity contribution in [1.29, 1.82) is 0 Å². The third-order valence-electron chi connectivity index (χ3n) is 2.38. The molecule has 0 aliphatic carbocycles. The lowest BCUT2D eigenvalue weighted by atomic mass is 9.82. The van der Waals surface area contributed by atoms with Gasteiger partial charge in [-0.2, -0.15) is 0 Å². The van der Waals surface area contributed by atoms with E-state index < -0.39 is 11.5 Å². The van der Waals surface area contributed by atoms with Gasteiger partial charge in [-0.25, -0.2) is 0 Å². The van der Waals surface area contributed by atoms with E-state index >= 15 is 0 Å². The van der Waals surface area contributed by atoms with E-state index in [0.29, 0.717) is 19.5 Å². The summed E-state index contributed by atoms with van der Waals surface area (Å²) in [7, 11) is 0. The summed E-state index contributed by atoms with van der Waals surface area (Å²) in [5.41, 5.74) is 3.79. The summed E-state index contributed by atoms with van der Waals surface area (Å²) in [4.78, 5) is 10.8. The molecule has 2 unspecified atom stereocenters. The van der Waals surface area contributed by atoms with Crippen LogP contribution in [-0.4, -0.2) is 29.7 Å². The van der Waals surface area contributed by atoms with E-state index in [2.05, 4.69) is 5.32 Å². The molecule has 4 heteroatoms. The Balaban J connectivity index is 2.72. The fourth-order valence-corrected chi connectivity index (χ4v) is 1.38. The number of amides is 1. The number of hydrogen-bond donors (Lipinski definition) is 3. The van der Waals surface area contributed by atoms with Crippen LogP contribution in [0, 0.1) is 5.92 Å². The molecule has 1 aliphatic heterocycles. The summed E-state index contributed by atoms with van der Waals surface area (Å²) < 4.78 is 0. The molecule has 0 aromatic rings. The fraction of sp³-hybridized carbons (Fsp3) is 0.857. The van der Waals surface area contributed by atoms with Crippen LogP contribution in [-0.2, 0) is 4.79 Å². The lowest BCUT2D eigenvalue weighted by Crippen LogP contribution is -2.56. The molecule has 4 N–H and O–H groups in total. The molecule has 0 bridgehead atoms. The van der Waals surface area contributed by atoms with Crippen LogP contribution >= 0.6 is 0 Å². The number of hydrogen-bond acceptors (Lipinski definition) is 3. The van der Waals surface area contributed by atoms with E-state index in [4.69, 9.17) is 5.73 Å². The van der Waals surface area contributed by atoms with Crippen molar-refractivity contribution in [2.24, 2.45) is 11.7 Å². The Morgan fingerprint density at radius 1 is 1.82 bits per heavy atom. The summed E-state index contributed by atoms with van der Waals surface area (Å²) in [5.74, 6) is -0.694. The molecule has 1 heterocycles. The van der Waals surface area contributed by atoms with Gasteiger partial charge in [-0.3, -0.25) is 4.79 Å². The van der Waals surface area contributed by atoms with Gasteiger partial charge in [-0.05, 0) is 13.0 Å². The molecule has 2 atom stereocenters. The molecule has 1 saturated heterocycles. The topological polar surface area (TPSA) is 75.3 Å². The van der Waals surface area contributed by atoms with Crippen LogP contribution in [0.5, 0.6) is 0 Å². The van der Waals surface area contributed by atoms with Crippen molar-refractivity contribution < 1.29 is 9.90 Å². The van der Waals surface area contributed by atoms with Gasteiger partial charge in [0, 0.05) is 12.5 Å². The van der Waals surface area contributed by atoms with E-state index in [9.17, 15) is 9.90 Å². The molecule has 64 valence electrons. The first-order chi connectivity index (χ1) is 5.07. The minimum Gasteiger partial charge on any atom is -0.380 e. The van der Waals surface area contributed by atoms with Gasteiger partial charge in [-0.1, -0.05) is 6.92 Å². The number of rotatable bonds is 1. The number of piperidine rings is 1. The number of nitrogens with two attached hydrogens (primary N) is 1. The minimum absolute atomic E-state index is 0.0891. The molecule has 4 nitrogen and oxygen atoms in total. The van der Waals surface area contributed by atoms with Gasteiger partial charge in [0.15, 0.2) is 0 Å². The SMILES string of the molecule is CC1CNCCC1(O)C(N)=O. The predicted octanol–water partition coefficient (Wildman–Crippen LogP) is -1.17. The second kappa shape index (κ2) is 2.79. The number of carbonyl (C=O) groups excluding carboxylic acids is 1. The predicted molar refractivity (Wildman–Crippen MR) is 40.8 cm³/mol. The minimum atomic E-state index is -1.29. The highest BCUT2D eigenvalue weighted by molar-refractivity contribution is 5.83. The first-order valence-corrected chi connectivity index (χ1v) is 3.80. The molecule has 11 heavy (non-hydrogen) atoms. The first kappa shape index (κ1) is 8.49. The van der Waals surface area contributed by atoms with Crippen molar-refractivity contribution in [3.63, 3.8) is 0 Å². The highest BCUT2D eigenvalue weighted by Gasteiger charge is 2.41. The third kappa shape index (κ3) is 1.36. The Labute approximate surface area is 65.8 Å². The van der Waals surface area contributed by atoms with Gasteiger partial charge < -0.3 is 16.2 Å².